The van der Waals surface area contributed by atoms with Crippen LogP contribution in [-0.2, 0) is 7.05 Å². The van der Waals surface area contributed by atoms with Crippen LogP contribution in [0.15, 0.2) is 47.7 Å². The van der Waals surface area contributed by atoms with E-state index in [4.69, 9.17) is 0 Å². The number of aromatic nitrogens is 2. The van der Waals surface area contributed by atoms with E-state index in [0.29, 0.717) is 0 Å². The Labute approximate surface area is 81.7 Å². The number of pyridine rings is 2. The van der Waals surface area contributed by atoms with E-state index >= 15 is 0 Å². The number of nitrogens with zero attached hydrogens (tertiary/aromatic N) is 2. The third-order valence-electron chi connectivity index (χ3n) is 2.12. The van der Waals surface area contributed by atoms with Gasteiger partial charge in [0.15, 0.2) is 0 Å². The van der Waals surface area contributed by atoms with E-state index in [9.17, 15) is 4.79 Å². The van der Waals surface area contributed by atoms with Crippen molar-refractivity contribution in [2.45, 2.75) is 0 Å². The molecule has 2 aromatic heterocycles. The fraction of sp³-hybridized carbons (Fsp3) is 0.0909. The van der Waals surface area contributed by atoms with Crippen LogP contribution >= 0.6 is 0 Å². The number of aryl methyl sites for hydroxylation is 1. The van der Waals surface area contributed by atoms with Gasteiger partial charge in [0.25, 0.3) is 5.56 Å². The third kappa shape index (κ3) is 1.57. The minimum atomic E-state index is -0.000637. The summed E-state index contributed by atoms with van der Waals surface area (Å²) in [6.07, 6.45) is 5.19. The van der Waals surface area contributed by atoms with Crippen molar-refractivity contribution in [3.8, 4) is 11.1 Å². The number of hydrogen-bond donors (Lipinski definition) is 0. The Hall–Kier alpha value is -1.90. The Morgan fingerprint density at radius 3 is 2.50 bits per heavy atom. The summed E-state index contributed by atoms with van der Waals surface area (Å²) in [5.41, 5.74) is 1.94. The van der Waals surface area contributed by atoms with Gasteiger partial charge in [0.2, 0.25) is 0 Å². The smallest absolute Gasteiger partial charge is 0.250 e. The van der Waals surface area contributed by atoms with Crippen LogP contribution < -0.4 is 5.56 Å². The van der Waals surface area contributed by atoms with Crippen LogP contribution in [0.4, 0.5) is 0 Å². The van der Waals surface area contributed by atoms with Crippen molar-refractivity contribution in [1.29, 1.82) is 0 Å². The van der Waals surface area contributed by atoms with Crippen LogP contribution in [-0.4, -0.2) is 9.55 Å². The van der Waals surface area contributed by atoms with Crippen molar-refractivity contribution >= 4 is 0 Å². The Bertz CT molecular complexity index is 488. The summed E-state index contributed by atoms with van der Waals surface area (Å²) in [6.45, 7) is 0. The predicted molar refractivity (Wildman–Crippen MR) is 54.9 cm³/mol. The molecule has 2 heterocycles. The number of rotatable bonds is 1. The standard InChI is InChI=1S/C11H10N2O/c1-13-7-4-10(8-11(13)14)9-2-5-12-6-3-9/h2-8H,1H3. The molecule has 0 radical (unpaired) electrons. The van der Waals surface area contributed by atoms with E-state index < -0.39 is 0 Å². The first-order valence-corrected chi connectivity index (χ1v) is 4.34. The molecule has 70 valence electrons. The minimum Gasteiger partial charge on any atom is -0.319 e. The first-order chi connectivity index (χ1) is 6.77. The maximum absolute atomic E-state index is 11.4. The lowest BCUT2D eigenvalue weighted by Crippen LogP contribution is -2.13. The molecular formula is C11H10N2O. The molecule has 0 N–H and O–H groups in total. The van der Waals surface area contributed by atoms with Gasteiger partial charge in [-0.25, -0.2) is 0 Å². The van der Waals surface area contributed by atoms with Gasteiger partial charge in [0, 0.05) is 31.7 Å². The quantitative estimate of drug-likeness (QED) is 0.675. The SMILES string of the molecule is Cn1ccc(-c2ccncc2)cc1=O. The van der Waals surface area contributed by atoms with Crippen molar-refractivity contribution in [2.24, 2.45) is 7.05 Å². The van der Waals surface area contributed by atoms with E-state index in [1.807, 2.05) is 18.2 Å². The van der Waals surface area contributed by atoms with Crippen LogP contribution in [0.25, 0.3) is 11.1 Å². The maximum atomic E-state index is 11.4. The van der Waals surface area contributed by atoms with E-state index in [-0.39, 0.29) is 5.56 Å². The van der Waals surface area contributed by atoms with Gasteiger partial charge < -0.3 is 4.57 Å². The average molecular weight is 186 g/mol. The second kappa shape index (κ2) is 3.46. The summed E-state index contributed by atoms with van der Waals surface area (Å²) >= 11 is 0. The molecule has 0 unspecified atom stereocenters. The van der Waals surface area contributed by atoms with E-state index in [1.165, 1.54) is 0 Å². The topological polar surface area (TPSA) is 34.9 Å². The van der Waals surface area contributed by atoms with Crippen molar-refractivity contribution in [2.75, 3.05) is 0 Å². The molecule has 0 bridgehead atoms. The molecule has 0 atom stereocenters. The second-order valence-corrected chi connectivity index (χ2v) is 3.10. The molecule has 3 heteroatoms. The van der Waals surface area contributed by atoms with Gasteiger partial charge in [-0.15, -0.1) is 0 Å². The van der Waals surface area contributed by atoms with Gasteiger partial charge in [-0.2, -0.15) is 0 Å². The van der Waals surface area contributed by atoms with Crippen LogP contribution in [0.1, 0.15) is 0 Å². The van der Waals surface area contributed by atoms with E-state index in [2.05, 4.69) is 4.98 Å². The summed E-state index contributed by atoms with van der Waals surface area (Å²) in [4.78, 5) is 15.3. The fourth-order valence-corrected chi connectivity index (χ4v) is 1.27. The maximum Gasteiger partial charge on any atom is 0.250 e. The highest BCUT2D eigenvalue weighted by molar-refractivity contribution is 5.61. The summed E-state index contributed by atoms with van der Waals surface area (Å²) in [7, 11) is 1.73. The lowest BCUT2D eigenvalue weighted by Gasteiger charge is -2.01. The van der Waals surface area contributed by atoms with Crippen LogP contribution in [0, 0.1) is 0 Å². The van der Waals surface area contributed by atoms with E-state index in [1.54, 1.807) is 36.3 Å². The lowest BCUT2D eigenvalue weighted by molar-refractivity contribution is 0.861. The largest absolute Gasteiger partial charge is 0.319 e. The molecule has 0 saturated heterocycles. The zero-order chi connectivity index (χ0) is 9.97. The van der Waals surface area contributed by atoms with Gasteiger partial charge in [0.05, 0.1) is 0 Å². The molecule has 0 aliphatic carbocycles. The third-order valence-corrected chi connectivity index (χ3v) is 2.12. The average Bonchev–Trinajstić information content (AvgIpc) is 2.23. The molecular weight excluding hydrogens is 176 g/mol. The van der Waals surface area contributed by atoms with Gasteiger partial charge >= 0.3 is 0 Å². The zero-order valence-electron chi connectivity index (χ0n) is 7.84. The minimum absolute atomic E-state index is 0.000637. The van der Waals surface area contributed by atoms with Gasteiger partial charge in [0.1, 0.15) is 0 Å². The molecule has 2 aromatic rings. The Balaban J connectivity index is 2.54. The second-order valence-electron chi connectivity index (χ2n) is 3.10. The van der Waals surface area contributed by atoms with Crippen LogP contribution in [0.5, 0.6) is 0 Å². The monoisotopic (exact) mass is 186 g/mol. The summed E-state index contributed by atoms with van der Waals surface area (Å²) in [5.74, 6) is 0. The molecule has 0 spiro atoms. The van der Waals surface area contributed by atoms with Crippen molar-refractivity contribution in [3.05, 3.63) is 53.2 Å². The molecule has 0 aliphatic rings. The Morgan fingerprint density at radius 1 is 1.14 bits per heavy atom. The van der Waals surface area contributed by atoms with Gasteiger partial charge in [-0.05, 0) is 29.3 Å². The Morgan fingerprint density at radius 2 is 1.86 bits per heavy atom. The lowest BCUT2D eigenvalue weighted by atomic mass is 10.1. The molecule has 0 fully saturated rings. The highest BCUT2D eigenvalue weighted by atomic mass is 16.1. The molecule has 0 amide bonds. The number of hydrogen-bond acceptors (Lipinski definition) is 2. The molecule has 2 rings (SSSR count). The van der Waals surface area contributed by atoms with Crippen LogP contribution in [0.2, 0.25) is 0 Å². The van der Waals surface area contributed by atoms with Gasteiger partial charge in [-0.3, -0.25) is 9.78 Å². The van der Waals surface area contributed by atoms with Crippen LogP contribution in [0.3, 0.4) is 0 Å². The highest BCUT2D eigenvalue weighted by Crippen LogP contribution is 2.14. The summed E-state index contributed by atoms with van der Waals surface area (Å²) < 4.78 is 1.55. The van der Waals surface area contributed by atoms with E-state index in [0.717, 1.165) is 11.1 Å². The summed E-state index contributed by atoms with van der Waals surface area (Å²) in [6, 6.07) is 7.30. The molecule has 0 aromatic carbocycles. The van der Waals surface area contributed by atoms with Crippen molar-refractivity contribution in [3.63, 3.8) is 0 Å². The fourth-order valence-electron chi connectivity index (χ4n) is 1.27. The normalized spacial score (nSPS) is 10.1. The summed E-state index contributed by atoms with van der Waals surface area (Å²) in [5, 5.41) is 0. The molecule has 3 nitrogen and oxygen atoms in total. The first-order valence-electron chi connectivity index (χ1n) is 4.34. The Kier molecular flexibility index (Phi) is 2.14. The van der Waals surface area contributed by atoms with Crippen molar-refractivity contribution in [1.82, 2.24) is 9.55 Å². The van der Waals surface area contributed by atoms with Crippen molar-refractivity contribution < 1.29 is 0 Å². The molecule has 0 saturated carbocycles. The molecule has 14 heavy (non-hydrogen) atoms. The molecule has 0 aliphatic heterocycles. The zero-order valence-corrected chi connectivity index (χ0v) is 7.84. The highest BCUT2D eigenvalue weighted by Gasteiger charge is 1.97. The predicted octanol–water partition coefficient (Wildman–Crippen LogP) is 1.45. The van der Waals surface area contributed by atoms with Gasteiger partial charge in [-0.1, -0.05) is 0 Å². The first kappa shape index (κ1) is 8.69.